The van der Waals surface area contributed by atoms with Gasteiger partial charge in [-0.05, 0) is 24.3 Å². The van der Waals surface area contributed by atoms with E-state index in [1.165, 1.54) is 24.4 Å². The summed E-state index contributed by atoms with van der Waals surface area (Å²) >= 11 is 0. The number of pyridine rings is 1. The maximum Gasteiger partial charge on any atom is 0.338 e. The first-order valence-electron chi connectivity index (χ1n) is 5.38. The summed E-state index contributed by atoms with van der Waals surface area (Å²) in [5, 5.41) is 0. The van der Waals surface area contributed by atoms with Gasteiger partial charge in [-0.15, -0.1) is 0 Å². The van der Waals surface area contributed by atoms with Crippen LogP contribution in [0.1, 0.15) is 15.9 Å². The molecule has 2 aromatic rings. The van der Waals surface area contributed by atoms with E-state index in [1.807, 2.05) is 0 Å². The van der Waals surface area contributed by atoms with Crippen molar-refractivity contribution in [1.82, 2.24) is 4.98 Å². The summed E-state index contributed by atoms with van der Waals surface area (Å²) in [6.07, 6.45) is 2.43. The Morgan fingerprint density at radius 2 is 2.05 bits per heavy atom. The molecule has 0 aliphatic carbocycles. The summed E-state index contributed by atoms with van der Waals surface area (Å²) in [5.74, 6) is -1.79. The molecule has 1 aromatic carbocycles. The summed E-state index contributed by atoms with van der Waals surface area (Å²) in [4.78, 5) is 15.3. The average Bonchev–Trinajstić information content (AvgIpc) is 2.39. The first kappa shape index (κ1) is 12.9. The fourth-order valence-corrected chi connectivity index (χ4v) is 1.44. The summed E-state index contributed by atoms with van der Waals surface area (Å²) in [7, 11) is 0. The second kappa shape index (κ2) is 5.43. The van der Waals surface area contributed by atoms with Crippen LogP contribution in [0.25, 0.3) is 0 Å². The zero-order valence-corrected chi connectivity index (χ0v) is 9.77. The number of carbonyl (C=O) groups is 1. The zero-order chi connectivity index (χ0) is 13.8. The molecule has 0 aliphatic rings. The van der Waals surface area contributed by atoms with E-state index in [9.17, 15) is 13.6 Å². The molecule has 0 saturated heterocycles. The number of nitrogen functional groups attached to an aromatic ring is 1. The maximum absolute atomic E-state index is 12.9. The Hall–Kier alpha value is -2.50. The lowest BCUT2D eigenvalue weighted by Crippen LogP contribution is -2.06. The fourth-order valence-electron chi connectivity index (χ4n) is 1.44. The van der Waals surface area contributed by atoms with Crippen molar-refractivity contribution < 1.29 is 18.3 Å². The number of rotatable bonds is 3. The number of halogens is 2. The second-order valence-electron chi connectivity index (χ2n) is 3.82. The number of aromatic nitrogens is 1. The monoisotopic (exact) mass is 264 g/mol. The Balaban J connectivity index is 2.03. The maximum atomic E-state index is 12.9. The van der Waals surface area contributed by atoms with Crippen LogP contribution in [0.5, 0.6) is 0 Å². The molecule has 4 nitrogen and oxygen atoms in total. The number of anilines is 1. The molecule has 2 N–H and O–H groups in total. The van der Waals surface area contributed by atoms with Crippen molar-refractivity contribution in [1.29, 1.82) is 0 Å². The molecule has 19 heavy (non-hydrogen) atoms. The van der Waals surface area contributed by atoms with Gasteiger partial charge in [0.05, 0.1) is 17.4 Å². The van der Waals surface area contributed by atoms with Crippen LogP contribution >= 0.6 is 0 Å². The van der Waals surface area contributed by atoms with Crippen LogP contribution in [-0.4, -0.2) is 11.0 Å². The zero-order valence-electron chi connectivity index (χ0n) is 9.77. The third kappa shape index (κ3) is 3.25. The quantitative estimate of drug-likeness (QED) is 0.682. The van der Waals surface area contributed by atoms with Crippen LogP contribution in [-0.2, 0) is 11.3 Å². The van der Waals surface area contributed by atoms with Gasteiger partial charge in [-0.3, -0.25) is 4.98 Å². The van der Waals surface area contributed by atoms with Crippen LogP contribution in [0, 0.1) is 11.6 Å². The third-order valence-corrected chi connectivity index (χ3v) is 2.36. The lowest BCUT2D eigenvalue weighted by molar-refractivity contribution is 0.0472. The summed E-state index contributed by atoms with van der Waals surface area (Å²) in [5.41, 5.74) is 5.75. The summed E-state index contributed by atoms with van der Waals surface area (Å²) < 4.78 is 30.7. The molecule has 0 saturated carbocycles. The highest BCUT2D eigenvalue weighted by Crippen LogP contribution is 2.14. The van der Waals surface area contributed by atoms with Gasteiger partial charge >= 0.3 is 5.97 Å². The highest BCUT2D eigenvalue weighted by molar-refractivity contribution is 5.90. The van der Waals surface area contributed by atoms with Crippen LogP contribution in [0.4, 0.5) is 14.5 Å². The van der Waals surface area contributed by atoms with Crippen LogP contribution < -0.4 is 5.73 Å². The van der Waals surface area contributed by atoms with E-state index in [-0.39, 0.29) is 17.9 Å². The average molecular weight is 264 g/mol. The Labute approximate surface area is 107 Å². The minimum atomic E-state index is -0.670. The molecule has 2 rings (SSSR count). The molecule has 0 radical (unpaired) electrons. The molecule has 0 atom stereocenters. The van der Waals surface area contributed by atoms with E-state index >= 15 is 0 Å². The second-order valence-corrected chi connectivity index (χ2v) is 3.82. The molecule has 1 aromatic heterocycles. The van der Waals surface area contributed by atoms with E-state index in [4.69, 9.17) is 10.5 Å². The molecule has 0 unspecified atom stereocenters. The highest BCUT2D eigenvalue weighted by Gasteiger charge is 2.10. The smallest absolute Gasteiger partial charge is 0.338 e. The Morgan fingerprint density at radius 3 is 2.74 bits per heavy atom. The number of benzene rings is 1. The van der Waals surface area contributed by atoms with Crippen molar-refractivity contribution in [3.8, 4) is 0 Å². The normalized spacial score (nSPS) is 10.2. The van der Waals surface area contributed by atoms with Crippen LogP contribution in [0.2, 0.25) is 0 Å². The number of carbonyl (C=O) groups excluding carboxylic acids is 1. The Bertz CT molecular complexity index is 617. The van der Waals surface area contributed by atoms with Gasteiger partial charge < -0.3 is 10.5 Å². The van der Waals surface area contributed by atoms with E-state index < -0.39 is 17.6 Å². The molecule has 0 bridgehead atoms. The van der Waals surface area contributed by atoms with Gasteiger partial charge in [0.2, 0.25) is 0 Å². The predicted molar refractivity (Wildman–Crippen MR) is 64.1 cm³/mol. The van der Waals surface area contributed by atoms with Gasteiger partial charge in [0, 0.05) is 11.8 Å². The van der Waals surface area contributed by atoms with Crippen molar-refractivity contribution in [2.24, 2.45) is 0 Å². The van der Waals surface area contributed by atoms with Gasteiger partial charge in [-0.1, -0.05) is 0 Å². The first-order valence-corrected chi connectivity index (χ1v) is 5.38. The van der Waals surface area contributed by atoms with E-state index in [2.05, 4.69) is 4.98 Å². The van der Waals surface area contributed by atoms with E-state index in [0.29, 0.717) is 5.56 Å². The molecular formula is C13H10F2N2O2. The van der Waals surface area contributed by atoms with Crippen molar-refractivity contribution in [2.45, 2.75) is 6.61 Å². The standard InChI is InChI=1S/C13H10F2N2O2/c14-10-3-8(5-17-6-10)7-19-13(18)9-1-2-11(15)12(16)4-9/h1-6H,7,16H2. The lowest BCUT2D eigenvalue weighted by atomic mass is 10.2. The van der Waals surface area contributed by atoms with Crippen LogP contribution in [0.15, 0.2) is 36.7 Å². The Morgan fingerprint density at radius 1 is 1.26 bits per heavy atom. The highest BCUT2D eigenvalue weighted by atomic mass is 19.1. The number of ether oxygens (including phenoxy) is 1. The van der Waals surface area contributed by atoms with Crippen LogP contribution in [0.3, 0.4) is 0 Å². The van der Waals surface area contributed by atoms with Crippen molar-refractivity contribution in [3.63, 3.8) is 0 Å². The largest absolute Gasteiger partial charge is 0.457 e. The molecule has 0 spiro atoms. The van der Waals surface area contributed by atoms with Gasteiger partial charge in [0.15, 0.2) is 0 Å². The molecule has 0 amide bonds. The SMILES string of the molecule is Nc1cc(C(=O)OCc2cncc(F)c2)ccc1F. The minimum absolute atomic E-state index is 0.124. The van der Waals surface area contributed by atoms with Gasteiger partial charge in [-0.2, -0.15) is 0 Å². The molecular weight excluding hydrogens is 254 g/mol. The van der Waals surface area contributed by atoms with Crippen molar-refractivity contribution in [2.75, 3.05) is 5.73 Å². The lowest BCUT2D eigenvalue weighted by Gasteiger charge is -2.05. The third-order valence-electron chi connectivity index (χ3n) is 2.36. The summed E-state index contributed by atoms with van der Waals surface area (Å²) in [6, 6.07) is 4.73. The first-order chi connectivity index (χ1) is 9.06. The van der Waals surface area contributed by atoms with Crippen molar-refractivity contribution >= 4 is 11.7 Å². The number of esters is 1. The molecule has 1 heterocycles. The Kier molecular flexibility index (Phi) is 3.70. The van der Waals surface area contributed by atoms with E-state index in [1.54, 1.807) is 0 Å². The fraction of sp³-hybridized carbons (Fsp3) is 0.0769. The van der Waals surface area contributed by atoms with Gasteiger partial charge in [0.25, 0.3) is 0 Å². The van der Waals surface area contributed by atoms with Gasteiger partial charge in [-0.25, -0.2) is 13.6 Å². The number of nitrogens with zero attached hydrogens (tertiary/aromatic N) is 1. The predicted octanol–water partition coefficient (Wildman–Crippen LogP) is 2.30. The molecule has 0 aliphatic heterocycles. The number of hydrogen-bond acceptors (Lipinski definition) is 4. The molecule has 6 heteroatoms. The number of nitrogens with two attached hydrogens (primary N) is 1. The van der Waals surface area contributed by atoms with Gasteiger partial charge in [0.1, 0.15) is 18.2 Å². The molecule has 0 fully saturated rings. The molecule has 98 valence electrons. The topological polar surface area (TPSA) is 65.2 Å². The number of hydrogen-bond donors (Lipinski definition) is 1. The minimum Gasteiger partial charge on any atom is -0.457 e. The van der Waals surface area contributed by atoms with E-state index in [0.717, 1.165) is 12.3 Å². The summed E-state index contributed by atoms with van der Waals surface area (Å²) in [6.45, 7) is -0.124. The van der Waals surface area contributed by atoms with Crippen molar-refractivity contribution in [3.05, 3.63) is 59.4 Å².